The Hall–Kier alpha value is -1.61. The Morgan fingerprint density at radius 1 is 1.19 bits per heavy atom. The monoisotopic (exact) mass is 216 g/mol. The molecule has 3 heteroatoms. The highest BCUT2D eigenvalue weighted by Gasteiger charge is 2.13. The molecule has 0 fully saturated rings. The Morgan fingerprint density at radius 3 is 2.56 bits per heavy atom. The summed E-state index contributed by atoms with van der Waals surface area (Å²) in [5, 5.41) is 4.07. The van der Waals surface area contributed by atoms with Gasteiger partial charge in [-0.3, -0.25) is 0 Å². The van der Waals surface area contributed by atoms with Gasteiger partial charge in [-0.1, -0.05) is 17.3 Å². The van der Waals surface area contributed by atoms with Crippen LogP contribution in [0, 0.1) is 20.8 Å². The fourth-order valence-corrected chi connectivity index (χ4v) is 1.75. The lowest BCUT2D eigenvalue weighted by Gasteiger charge is -2.03. The number of nitrogens with zero attached hydrogens (tertiary/aromatic N) is 1. The number of aromatic nitrogens is 1. The van der Waals surface area contributed by atoms with Crippen molar-refractivity contribution in [2.45, 2.75) is 27.3 Å². The van der Waals surface area contributed by atoms with Crippen molar-refractivity contribution in [2.24, 2.45) is 5.73 Å². The molecule has 1 aromatic heterocycles. The minimum absolute atomic E-state index is 0.456. The van der Waals surface area contributed by atoms with E-state index in [9.17, 15) is 0 Å². The molecule has 2 N–H and O–H groups in total. The second-order valence-electron chi connectivity index (χ2n) is 4.07. The SMILES string of the molecule is Cc1ccc(-c2noc(C)c2CN)cc1C. The Balaban J connectivity index is 2.54. The Bertz CT molecular complexity index is 515. The topological polar surface area (TPSA) is 52.0 Å². The van der Waals surface area contributed by atoms with Crippen molar-refractivity contribution in [2.75, 3.05) is 0 Å². The molecule has 0 radical (unpaired) electrons. The summed E-state index contributed by atoms with van der Waals surface area (Å²) in [6, 6.07) is 6.26. The summed E-state index contributed by atoms with van der Waals surface area (Å²) in [5.74, 6) is 0.802. The van der Waals surface area contributed by atoms with Gasteiger partial charge in [-0.15, -0.1) is 0 Å². The van der Waals surface area contributed by atoms with Crippen LogP contribution in [0.25, 0.3) is 11.3 Å². The second-order valence-corrected chi connectivity index (χ2v) is 4.07. The van der Waals surface area contributed by atoms with Gasteiger partial charge in [0.15, 0.2) is 0 Å². The minimum Gasteiger partial charge on any atom is -0.361 e. The predicted octanol–water partition coefficient (Wildman–Crippen LogP) is 2.73. The van der Waals surface area contributed by atoms with Crippen molar-refractivity contribution in [1.29, 1.82) is 0 Å². The van der Waals surface area contributed by atoms with E-state index < -0.39 is 0 Å². The van der Waals surface area contributed by atoms with Crippen LogP contribution in [0.5, 0.6) is 0 Å². The van der Waals surface area contributed by atoms with Crippen LogP contribution in [0.2, 0.25) is 0 Å². The third-order valence-corrected chi connectivity index (χ3v) is 2.97. The molecule has 0 amide bonds. The number of benzene rings is 1. The summed E-state index contributed by atoms with van der Waals surface area (Å²) in [4.78, 5) is 0. The smallest absolute Gasteiger partial charge is 0.138 e. The van der Waals surface area contributed by atoms with Crippen molar-refractivity contribution in [3.05, 3.63) is 40.6 Å². The Morgan fingerprint density at radius 2 is 1.94 bits per heavy atom. The van der Waals surface area contributed by atoms with Crippen molar-refractivity contribution in [3.63, 3.8) is 0 Å². The molecule has 2 aromatic rings. The van der Waals surface area contributed by atoms with E-state index in [0.29, 0.717) is 6.54 Å². The van der Waals surface area contributed by atoms with Crippen LogP contribution in [0.3, 0.4) is 0 Å². The number of hydrogen-bond donors (Lipinski definition) is 1. The average molecular weight is 216 g/mol. The molecule has 1 heterocycles. The van der Waals surface area contributed by atoms with E-state index >= 15 is 0 Å². The van der Waals surface area contributed by atoms with Gasteiger partial charge in [0.05, 0.1) is 0 Å². The van der Waals surface area contributed by atoms with Gasteiger partial charge < -0.3 is 10.3 Å². The van der Waals surface area contributed by atoms with Gasteiger partial charge in [0.1, 0.15) is 11.5 Å². The molecule has 0 saturated heterocycles. The van der Waals surface area contributed by atoms with E-state index in [2.05, 4.69) is 37.2 Å². The molecule has 0 aliphatic carbocycles. The maximum Gasteiger partial charge on any atom is 0.138 e. The Labute approximate surface area is 95.3 Å². The zero-order valence-electron chi connectivity index (χ0n) is 9.87. The van der Waals surface area contributed by atoms with Gasteiger partial charge in [0.2, 0.25) is 0 Å². The third kappa shape index (κ3) is 1.74. The van der Waals surface area contributed by atoms with E-state index in [0.717, 1.165) is 22.6 Å². The molecule has 84 valence electrons. The average Bonchev–Trinajstić information content (AvgIpc) is 2.63. The first-order valence-electron chi connectivity index (χ1n) is 5.36. The largest absolute Gasteiger partial charge is 0.361 e. The van der Waals surface area contributed by atoms with Gasteiger partial charge in [0.25, 0.3) is 0 Å². The summed E-state index contributed by atoms with van der Waals surface area (Å²) in [6.07, 6.45) is 0. The first-order chi connectivity index (χ1) is 7.63. The molecule has 0 aliphatic rings. The maximum absolute atomic E-state index is 5.70. The molecular weight excluding hydrogens is 200 g/mol. The van der Waals surface area contributed by atoms with Crippen LogP contribution in [0.15, 0.2) is 22.7 Å². The number of rotatable bonds is 2. The van der Waals surface area contributed by atoms with E-state index in [1.807, 2.05) is 6.92 Å². The summed E-state index contributed by atoms with van der Waals surface area (Å²) in [6.45, 7) is 6.53. The lowest BCUT2D eigenvalue weighted by molar-refractivity contribution is 0.398. The zero-order valence-corrected chi connectivity index (χ0v) is 9.87. The summed E-state index contributed by atoms with van der Waals surface area (Å²) < 4.78 is 5.18. The summed E-state index contributed by atoms with van der Waals surface area (Å²) in [5.41, 5.74) is 11.2. The molecule has 0 aliphatic heterocycles. The van der Waals surface area contributed by atoms with E-state index in [1.54, 1.807) is 0 Å². The van der Waals surface area contributed by atoms with Crippen molar-refractivity contribution >= 4 is 0 Å². The molecule has 2 rings (SSSR count). The van der Waals surface area contributed by atoms with Crippen LogP contribution in [-0.2, 0) is 6.54 Å². The first kappa shape index (κ1) is 10.9. The fourth-order valence-electron chi connectivity index (χ4n) is 1.75. The van der Waals surface area contributed by atoms with Gasteiger partial charge in [-0.05, 0) is 38.0 Å². The third-order valence-electron chi connectivity index (χ3n) is 2.97. The van der Waals surface area contributed by atoms with Crippen LogP contribution >= 0.6 is 0 Å². The van der Waals surface area contributed by atoms with Crippen LogP contribution in [0.1, 0.15) is 22.5 Å². The molecule has 0 spiro atoms. The van der Waals surface area contributed by atoms with Gasteiger partial charge >= 0.3 is 0 Å². The van der Waals surface area contributed by atoms with Gasteiger partial charge in [-0.25, -0.2) is 0 Å². The lowest BCUT2D eigenvalue weighted by atomic mass is 10.0. The lowest BCUT2D eigenvalue weighted by Crippen LogP contribution is -1.98. The van der Waals surface area contributed by atoms with E-state index in [4.69, 9.17) is 10.3 Å². The van der Waals surface area contributed by atoms with Gasteiger partial charge in [0, 0.05) is 17.7 Å². The van der Waals surface area contributed by atoms with Crippen molar-refractivity contribution in [1.82, 2.24) is 5.16 Å². The first-order valence-corrected chi connectivity index (χ1v) is 5.36. The number of aryl methyl sites for hydroxylation is 3. The molecule has 0 saturated carbocycles. The normalized spacial score (nSPS) is 10.8. The highest BCUT2D eigenvalue weighted by molar-refractivity contribution is 5.64. The molecule has 0 atom stereocenters. The summed E-state index contributed by atoms with van der Waals surface area (Å²) in [7, 11) is 0. The number of hydrogen-bond acceptors (Lipinski definition) is 3. The van der Waals surface area contributed by atoms with Crippen LogP contribution in [-0.4, -0.2) is 5.16 Å². The van der Waals surface area contributed by atoms with Crippen molar-refractivity contribution < 1.29 is 4.52 Å². The van der Waals surface area contributed by atoms with Crippen LogP contribution < -0.4 is 5.73 Å². The highest BCUT2D eigenvalue weighted by Crippen LogP contribution is 2.26. The van der Waals surface area contributed by atoms with E-state index in [1.165, 1.54) is 11.1 Å². The predicted molar refractivity (Wildman–Crippen MR) is 64.0 cm³/mol. The second kappa shape index (κ2) is 4.10. The van der Waals surface area contributed by atoms with Crippen molar-refractivity contribution in [3.8, 4) is 11.3 Å². The quantitative estimate of drug-likeness (QED) is 0.839. The number of nitrogens with two attached hydrogens (primary N) is 1. The molecule has 0 bridgehead atoms. The van der Waals surface area contributed by atoms with E-state index in [-0.39, 0.29) is 0 Å². The fraction of sp³-hybridized carbons (Fsp3) is 0.308. The molecule has 1 aromatic carbocycles. The van der Waals surface area contributed by atoms with Crippen LogP contribution in [0.4, 0.5) is 0 Å². The highest BCUT2D eigenvalue weighted by atomic mass is 16.5. The zero-order chi connectivity index (χ0) is 11.7. The van der Waals surface area contributed by atoms with Gasteiger partial charge in [-0.2, -0.15) is 0 Å². The maximum atomic E-state index is 5.70. The standard InChI is InChI=1S/C13H16N2O/c1-8-4-5-11(6-9(8)2)13-12(7-14)10(3)16-15-13/h4-6H,7,14H2,1-3H3. The molecule has 16 heavy (non-hydrogen) atoms. The summed E-state index contributed by atoms with van der Waals surface area (Å²) >= 11 is 0. The Kier molecular flexibility index (Phi) is 2.79. The molecular formula is C13H16N2O. The molecule has 3 nitrogen and oxygen atoms in total. The minimum atomic E-state index is 0.456. The molecule has 0 unspecified atom stereocenters.